The van der Waals surface area contributed by atoms with Gasteiger partial charge in [0, 0.05) is 13.1 Å². The first kappa shape index (κ1) is 33.2. The molecule has 0 spiro atoms. The molecule has 43 heavy (non-hydrogen) atoms. The number of nitrogens with zero attached hydrogens (tertiary/aromatic N) is 3. The third kappa shape index (κ3) is 10.8. The summed E-state index contributed by atoms with van der Waals surface area (Å²) in [6.45, 7) is 7.75. The van der Waals surface area contributed by atoms with Crippen molar-refractivity contribution in [2.24, 2.45) is 0 Å². The summed E-state index contributed by atoms with van der Waals surface area (Å²) in [5.41, 5.74) is 6.76. The Kier molecular flexibility index (Phi) is 12.6. The Hall–Kier alpha value is -2.71. The molecule has 4 heterocycles. The predicted molar refractivity (Wildman–Crippen MR) is 179 cm³/mol. The summed E-state index contributed by atoms with van der Waals surface area (Å²) in [5.74, 6) is 0.893. The highest BCUT2D eigenvalue weighted by Crippen LogP contribution is 2.28. The fourth-order valence-electron chi connectivity index (χ4n) is 4.84. The summed E-state index contributed by atoms with van der Waals surface area (Å²) in [5, 5.41) is 23.0. The van der Waals surface area contributed by atoms with Crippen LogP contribution in [0, 0.1) is 13.8 Å². The van der Waals surface area contributed by atoms with E-state index in [4.69, 9.17) is 39.9 Å². The highest BCUT2D eigenvalue weighted by atomic mass is 35.5. The summed E-state index contributed by atoms with van der Waals surface area (Å²) < 4.78 is 0. The number of hydrogen-bond acceptors (Lipinski definition) is 6. The lowest BCUT2D eigenvalue weighted by Gasteiger charge is -2.30. The number of pyridine rings is 2. The summed E-state index contributed by atoms with van der Waals surface area (Å²) in [4.78, 5) is 10.5. The normalized spacial score (nSPS) is 15.7. The SMILES string of the molecule is Cc1ccc(-c2cc(Cl)nc(Cl)c2)cc1.Cc1ccc(-c2cc(Cl)nc(N3CCC(O)CC3)c2)cc1.OC1CCNCC1. The number of halogens is 3. The molecule has 6 nitrogen and oxygen atoms in total. The minimum atomic E-state index is -0.183. The van der Waals surface area contributed by atoms with E-state index < -0.39 is 0 Å². The second kappa shape index (κ2) is 16.4. The average molecular weight is 642 g/mol. The van der Waals surface area contributed by atoms with E-state index in [9.17, 15) is 5.11 Å². The van der Waals surface area contributed by atoms with Crippen LogP contribution in [-0.2, 0) is 0 Å². The molecule has 0 unspecified atom stereocenters. The smallest absolute Gasteiger partial charge is 0.132 e. The van der Waals surface area contributed by atoms with Crippen molar-refractivity contribution in [3.8, 4) is 22.3 Å². The molecule has 3 N–H and O–H groups in total. The molecule has 0 saturated carbocycles. The molecule has 0 radical (unpaired) electrons. The largest absolute Gasteiger partial charge is 0.393 e. The fraction of sp³-hybridized carbons (Fsp3) is 0.353. The lowest BCUT2D eigenvalue weighted by Crippen LogP contribution is -2.36. The zero-order valence-corrected chi connectivity index (χ0v) is 26.9. The molecule has 2 aromatic heterocycles. The lowest BCUT2D eigenvalue weighted by molar-refractivity contribution is 0.137. The van der Waals surface area contributed by atoms with Gasteiger partial charge in [-0.05, 0) is 99.1 Å². The van der Waals surface area contributed by atoms with E-state index in [0.717, 1.165) is 79.9 Å². The van der Waals surface area contributed by atoms with Crippen molar-refractivity contribution in [1.29, 1.82) is 0 Å². The maximum Gasteiger partial charge on any atom is 0.132 e. The quantitative estimate of drug-likeness (QED) is 0.198. The van der Waals surface area contributed by atoms with Crippen LogP contribution in [0.15, 0.2) is 72.8 Å². The van der Waals surface area contributed by atoms with Crippen LogP contribution in [0.4, 0.5) is 5.82 Å². The van der Waals surface area contributed by atoms with Gasteiger partial charge in [0.05, 0.1) is 12.2 Å². The number of anilines is 1. The number of nitrogens with one attached hydrogen (secondary N) is 1. The summed E-state index contributed by atoms with van der Waals surface area (Å²) >= 11 is 17.9. The number of piperidine rings is 2. The van der Waals surface area contributed by atoms with Crippen molar-refractivity contribution >= 4 is 40.6 Å². The van der Waals surface area contributed by atoms with Gasteiger partial charge in [-0.1, -0.05) is 94.5 Å². The van der Waals surface area contributed by atoms with Crippen LogP contribution < -0.4 is 10.2 Å². The van der Waals surface area contributed by atoms with Crippen molar-refractivity contribution in [1.82, 2.24) is 15.3 Å². The van der Waals surface area contributed by atoms with Crippen molar-refractivity contribution in [3.63, 3.8) is 0 Å². The molecule has 0 amide bonds. The second-order valence-electron chi connectivity index (χ2n) is 11.0. The maximum atomic E-state index is 9.61. The Morgan fingerprint density at radius 3 is 1.47 bits per heavy atom. The zero-order valence-electron chi connectivity index (χ0n) is 24.6. The van der Waals surface area contributed by atoms with Gasteiger partial charge in [-0.3, -0.25) is 0 Å². The van der Waals surface area contributed by atoms with Gasteiger partial charge in [0.1, 0.15) is 21.3 Å². The predicted octanol–water partition coefficient (Wildman–Crippen LogP) is 7.77. The summed E-state index contributed by atoms with van der Waals surface area (Å²) in [6, 6.07) is 24.2. The first-order valence-corrected chi connectivity index (χ1v) is 15.8. The molecule has 0 aliphatic carbocycles. The third-order valence-electron chi connectivity index (χ3n) is 7.41. The van der Waals surface area contributed by atoms with Gasteiger partial charge >= 0.3 is 0 Å². The molecule has 2 aliphatic rings. The van der Waals surface area contributed by atoms with Crippen LogP contribution in [0.5, 0.6) is 0 Å². The molecule has 9 heteroatoms. The Morgan fingerprint density at radius 1 is 0.605 bits per heavy atom. The molecule has 2 fully saturated rings. The van der Waals surface area contributed by atoms with E-state index in [-0.39, 0.29) is 12.2 Å². The average Bonchev–Trinajstić information content (AvgIpc) is 2.98. The number of benzene rings is 2. The lowest BCUT2D eigenvalue weighted by atomic mass is 10.0. The van der Waals surface area contributed by atoms with Crippen LogP contribution in [0.3, 0.4) is 0 Å². The molecule has 0 bridgehead atoms. The van der Waals surface area contributed by atoms with E-state index in [1.807, 2.05) is 18.2 Å². The Bertz CT molecular complexity index is 1420. The number of aryl methyl sites for hydroxylation is 2. The van der Waals surface area contributed by atoms with Gasteiger partial charge in [0.25, 0.3) is 0 Å². The molecule has 2 saturated heterocycles. The van der Waals surface area contributed by atoms with Gasteiger partial charge in [0.15, 0.2) is 0 Å². The van der Waals surface area contributed by atoms with Crippen molar-refractivity contribution in [2.75, 3.05) is 31.1 Å². The van der Waals surface area contributed by atoms with Gasteiger partial charge in [-0.2, -0.15) is 0 Å². The fourth-order valence-corrected chi connectivity index (χ4v) is 5.50. The number of aliphatic hydroxyl groups is 2. The van der Waals surface area contributed by atoms with Crippen LogP contribution in [-0.4, -0.2) is 58.6 Å². The molecule has 2 aliphatic heterocycles. The van der Waals surface area contributed by atoms with Crippen LogP contribution >= 0.6 is 34.8 Å². The van der Waals surface area contributed by atoms with E-state index in [2.05, 4.69) is 76.5 Å². The maximum absolute atomic E-state index is 9.61. The van der Waals surface area contributed by atoms with Crippen LogP contribution in [0.2, 0.25) is 15.5 Å². The van der Waals surface area contributed by atoms with Crippen molar-refractivity contribution in [3.05, 3.63) is 99.4 Å². The van der Waals surface area contributed by atoms with E-state index in [0.29, 0.717) is 15.5 Å². The minimum absolute atomic E-state index is 0.0266. The molecule has 0 atom stereocenters. The Morgan fingerprint density at radius 2 is 1.02 bits per heavy atom. The van der Waals surface area contributed by atoms with Gasteiger partial charge in [-0.25, -0.2) is 9.97 Å². The van der Waals surface area contributed by atoms with Crippen LogP contribution in [0.1, 0.15) is 36.8 Å². The number of hydrogen-bond donors (Lipinski definition) is 3. The number of aliphatic hydroxyl groups excluding tert-OH is 2. The minimum Gasteiger partial charge on any atom is -0.393 e. The number of rotatable bonds is 3. The first-order chi connectivity index (χ1) is 20.7. The van der Waals surface area contributed by atoms with E-state index >= 15 is 0 Å². The molecular weight excluding hydrogens is 603 g/mol. The highest BCUT2D eigenvalue weighted by molar-refractivity contribution is 6.32. The van der Waals surface area contributed by atoms with E-state index in [1.165, 1.54) is 11.1 Å². The third-order valence-corrected chi connectivity index (χ3v) is 7.99. The summed E-state index contributed by atoms with van der Waals surface area (Å²) in [7, 11) is 0. The summed E-state index contributed by atoms with van der Waals surface area (Å²) in [6.07, 6.45) is 3.22. The monoisotopic (exact) mass is 640 g/mol. The topological polar surface area (TPSA) is 81.5 Å². The van der Waals surface area contributed by atoms with Gasteiger partial charge < -0.3 is 20.4 Å². The van der Waals surface area contributed by atoms with Crippen molar-refractivity contribution in [2.45, 2.75) is 51.7 Å². The van der Waals surface area contributed by atoms with Crippen molar-refractivity contribution < 1.29 is 10.2 Å². The first-order valence-electron chi connectivity index (χ1n) is 14.6. The van der Waals surface area contributed by atoms with Gasteiger partial charge in [-0.15, -0.1) is 0 Å². The van der Waals surface area contributed by atoms with Gasteiger partial charge in [0.2, 0.25) is 0 Å². The Balaban J connectivity index is 0.000000167. The number of aromatic nitrogens is 2. The standard InChI is InChI=1S/C17H19ClN2O.C12H9Cl2N.C5H11NO/c1-12-2-4-13(5-3-12)14-10-16(18)19-17(11-14)20-8-6-15(21)7-9-20;1-8-2-4-9(5-3-8)10-6-11(13)15-12(14)7-10;7-5-1-3-6-4-2-5/h2-5,10-11,15,21H,6-9H2,1H3;2-7H,1H3;5-7H,1-4H2. The molecular formula is C34H39Cl3N4O2. The van der Waals surface area contributed by atoms with Crippen LogP contribution in [0.25, 0.3) is 22.3 Å². The zero-order chi connectivity index (χ0) is 30.8. The molecule has 6 rings (SSSR count). The molecule has 4 aromatic rings. The Labute approximate surface area is 269 Å². The second-order valence-corrected chi connectivity index (χ2v) is 12.1. The highest BCUT2D eigenvalue weighted by Gasteiger charge is 2.19. The molecule has 228 valence electrons. The molecule has 2 aromatic carbocycles. The van der Waals surface area contributed by atoms with E-state index in [1.54, 1.807) is 12.1 Å².